The van der Waals surface area contributed by atoms with Gasteiger partial charge in [-0.25, -0.2) is 0 Å². The van der Waals surface area contributed by atoms with Gasteiger partial charge < -0.3 is 10.5 Å². The van der Waals surface area contributed by atoms with Crippen molar-refractivity contribution in [3.05, 3.63) is 0 Å². The van der Waals surface area contributed by atoms with Crippen LogP contribution in [0.5, 0.6) is 0 Å². The van der Waals surface area contributed by atoms with Gasteiger partial charge in [-0.15, -0.1) is 0 Å². The maximum Gasteiger partial charge on any atom is 0.0615 e. The molecule has 1 saturated carbocycles. The minimum Gasteiger partial charge on any atom is -0.378 e. The first-order chi connectivity index (χ1) is 5.38. The molecule has 1 fully saturated rings. The molecule has 2 N–H and O–H groups in total. The van der Waals surface area contributed by atoms with Gasteiger partial charge in [-0.2, -0.15) is 0 Å². The second-order valence-electron chi connectivity index (χ2n) is 3.34. The van der Waals surface area contributed by atoms with E-state index in [0.29, 0.717) is 12.0 Å². The predicted octanol–water partition coefficient (Wildman–Crippen LogP) is 1.54. The summed E-state index contributed by atoms with van der Waals surface area (Å²) in [4.78, 5) is 0. The molecule has 0 amide bonds. The molecule has 0 aliphatic heterocycles. The molecule has 0 aromatic rings. The Morgan fingerprint density at radius 3 is 2.91 bits per heavy atom. The molecular formula is C9H19NO. The van der Waals surface area contributed by atoms with Gasteiger partial charge in [-0.05, 0) is 31.7 Å². The summed E-state index contributed by atoms with van der Waals surface area (Å²) in [6.45, 7) is 3.85. The van der Waals surface area contributed by atoms with Crippen LogP contribution in [0.1, 0.15) is 32.6 Å². The van der Waals surface area contributed by atoms with Crippen molar-refractivity contribution in [2.75, 3.05) is 13.2 Å². The maximum absolute atomic E-state index is 5.68. The summed E-state index contributed by atoms with van der Waals surface area (Å²) in [6.07, 6.45) is 5.39. The summed E-state index contributed by atoms with van der Waals surface area (Å²) in [5.41, 5.74) is 5.62. The van der Waals surface area contributed by atoms with Crippen LogP contribution < -0.4 is 5.73 Å². The van der Waals surface area contributed by atoms with Crippen molar-refractivity contribution in [1.82, 2.24) is 0 Å². The second-order valence-corrected chi connectivity index (χ2v) is 3.34. The minimum atomic E-state index is 0.472. The fraction of sp³-hybridized carbons (Fsp3) is 1.00. The standard InChI is InChI=1S/C9H19NO/c1-2-6-11-9-5-3-4-8(9)7-10/h8-9H,2-7,10H2,1H3. The lowest BCUT2D eigenvalue weighted by molar-refractivity contribution is 0.0306. The highest BCUT2D eigenvalue weighted by Gasteiger charge is 2.26. The maximum atomic E-state index is 5.68. The lowest BCUT2D eigenvalue weighted by Gasteiger charge is -2.17. The molecule has 0 saturated heterocycles. The Labute approximate surface area is 69.1 Å². The Morgan fingerprint density at radius 1 is 1.45 bits per heavy atom. The van der Waals surface area contributed by atoms with Crippen LogP contribution in [0.15, 0.2) is 0 Å². The monoisotopic (exact) mass is 157 g/mol. The van der Waals surface area contributed by atoms with Crippen molar-refractivity contribution in [1.29, 1.82) is 0 Å². The van der Waals surface area contributed by atoms with E-state index in [1.807, 2.05) is 0 Å². The van der Waals surface area contributed by atoms with Gasteiger partial charge in [0.15, 0.2) is 0 Å². The Hall–Kier alpha value is -0.0800. The third kappa shape index (κ3) is 2.46. The van der Waals surface area contributed by atoms with Gasteiger partial charge in [-0.3, -0.25) is 0 Å². The topological polar surface area (TPSA) is 35.2 Å². The number of hydrogen-bond acceptors (Lipinski definition) is 2. The summed E-state index contributed by atoms with van der Waals surface area (Å²) < 4.78 is 5.68. The summed E-state index contributed by atoms with van der Waals surface area (Å²) in [5.74, 6) is 0.640. The fourth-order valence-corrected chi connectivity index (χ4v) is 1.76. The van der Waals surface area contributed by atoms with Crippen LogP contribution in [0.4, 0.5) is 0 Å². The van der Waals surface area contributed by atoms with Crippen LogP contribution in [0, 0.1) is 5.92 Å². The Bertz CT molecular complexity index is 106. The van der Waals surface area contributed by atoms with E-state index >= 15 is 0 Å². The largest absolute Gasteiger partial charge is 0.378 e. The van der Waals surface area contributed by atoms with E-state index in [-0.39, 0.29) is 0 Å². The third-order valence-corrected chi connectivity index (χ3v) is 2.43. The molecule has 1 aliphatic rings. The van der Waals surface area contributed by atoms with E-state index in [9.17, 15) is 0 Å². The fourth-order valence-electron chi connectivity index (χ4n) is 1.76. The molecule has 0 bridgehead atoms. The first-order valence-electron chi connectivity index (χ1n) is 4.70. The molecule has 66 valence electrons. The number of rotatable bonds is 4. The molecule has 11 heavy (non-hydrogen) atoms. The summed E-state index contributed by atoms with van der Waals surface area (Å²) >= 11 is 0. The van der Waals surface area contributed by atoms with Crippen molar-refractivity contribution in [2.24, 2.45) is 11.7 Å². The molecule has 0 radical (unpaired) electrons. The SMILES string of the molecule is CCCOC1CCCC1CN. The molecule has 0 heterocycles. The van der Waals surface area contributed by atoms with E-state index < -0.39 is 0 Å². The molecule has 2 nitrogen and oxygen atoms in total. The molecular weight excluding hydrogens is 138 g/mol. The number of hydrogen-bond donors (Lipinski definition) is 1. The van der Waals surface area contributed by atoms with Crippen LogP contribution in [-0.4, -0.2) is 19.3 Å². The van der Waals surface area contributed by atoms with E-state index in [0.717, 1.165) is 19.6 Å². The average molecular weight is 157 g/mol. The van der Waals surface area contributed by atoms with Crippen LogP contribution in [0.3, 0.4) is 0 Å². The molecule has 1 rings (SSSR count). The molecule has 2 unspecified atom stereocenters. The summed E-state index contributed by atoms with van der Waals surface area (Å²) in [5, 5.41) is 0. The normalized spacial score (nSPS) is 31.1. The van der Waals surface area contributed by atoms with Crippen molar-refractivity contribution in [2.45, 2.75) is 38.7 Å². The van der Waals surface area contributed by atoms with Crippen molar-refractivity contribution < 1.29 is 4.74 Å². The van der Waals surface area contributed by atoms with E-state index in [2.05, 4.69) is 6.92 Å². The predicted molar refractivity (Wildman–Crippen MR) is 46.4 cm³/mol. The summed E-state index contributed by atoms with van der Waals surface area (Å²) in [7, 11) is 0. The minimum absolute atomic E-state index is 0.472. The first-order valence-corrected chi connectivity index (χ1v) is 4.70. The number of nitrogens with two attached hydrogens (primary N) is 1. The molecule has 2 atom stereocenters. The van der Waals surface area contributed by atoms with E-state index in [4.69, 9.17) is 10.5 Å². The molecule has 0 aromatic heterocycles. The van der Waals surface area contributed by atoms with Gasteiger partial charge in [0, 0.05) is 6.61 Å². The lowest BCUT2D eigenvalue weighted by atomic mass is 10.1. The third-order valence-electron chi connectivity index (χ3n) is 2.43. The van der Waals surface area contributed by atoms with Gasteiger partial charge in [-0.1, -0.05) is 13.3 Å². The quantitative estimate of drug-likeness (QED) is 0.672. The van der Waals surface area contributed by atoms with Crippen LogP contribution >= 0.6 is 0 Å². The van der Waals surface area contributed by atoms with Crippen LogP contribution in [0.2, 0.25) is 0 Å². The van der Waals surface area contributed by atoms with Crippen LogP contribution in [0.25, 0.3) is 0 Å². The summed E-state index contributed by atoms with van der Waals surface area (Å²) in [6, 6.07) is 0. The van der Waals surface area contributed by atoms with Gasteiger partial charge in [0.05, 0.1) is 6.10 Å². The second kappa shape index (κ2) is 4.73. The van der Waals surface area contributed by atoms with Gasteiger partial charge in [0.2, 0.25) is 0 Å². The molecule has 0 spiro atoms. The zero-order chi connectivity index (χ0) is 8.10. The zero-order valence-electron chi connectivity index (χ0n) is 7.38. The lowest BCUT2D eigenvalue weighted by Crippen LogP contribution is -2.25. The van der Waals surface area contributed by atoms with E-state index in [1.54, 1.807) is 0 Å². The van der Waals surface area contributed by atoms with E-state index in [1.165, 1.54) is 19.3 Å². The molecule has 1 aliphatic carbocycles. The highest BCUT2D eigenvalue weighted by atomic mass is 16.5. The highest BCUT2D eigenvalue weighted by molar-refractivity contribution is 4.78. The Balaban J connectivity index is 2.20. The molecule has 2 heteroatoms. The average Bonchev–Trinajstić information content (AvgIpc) is 2.47. The van der Waals surface area contributed by atoms with Crippen molar-refractivity contribution in [3.63, 3.8) is 0 Å². The number of ether oxygens (including phenoxy) is 1. The Morgan fingerprint density at radius 2 is 2.27 bits per heavy atom. The highest BCUT2D eigenvalue weighted by Crippen LogP contribution is 2.27. The Kier molecular flexibility index (Phi) is 3.87. The van der Waals surface area contributed by atoms with Gasteiger partial charge >= 0.3 is 0 Å². The smallest absolute Gasteiger partial charge is 0.0615 e. The van der Waals surface area contributed by atoms with Gasteiger partial charge in [0.25, 0.3) is 0 Å². The zero-order valence-corrected chi connectivity index (χ0v) is 7.38. The molecule has 0 aromatic carbocycles. The van der Waals surface area contributed by atoms with Crippen molar-refractivity contribution in [3.8, 4) is 0 Å². The van der Waals surface area contributed by atoms with Crippen LogP contribution in [-0.2, 0) is 4.74 Å². The first kappa shape index (κ1) is 9.01. The van der Waals surface area contributed by atoms with Gasteiger partial charge in [0.1, 0.15) is 0 Å². The van der Waals surface area contributed by atoms with Crippen molar-refractivity contribution >= 4 is 0 Å².